The van der Waals surface area contributed by atoms with Gasteiger partial charge in [0.05, 0.1) is 5.92 Å². The van der Waals surface area contributed by atoms with Crippen molar-refractivity contribution in [2.45, 2.75) is 20.3 Å². The normalized spacial score (nSPS) is 18.5. The largest absolute Gasteiger partial charge is 0.486 e. The molecule has 140 valence electrons. The Bertz CT molecular complexity index is 907. The van der Waals surface area contributed by atoms with Crippen molar-refractivity contribution in [2.24, 2.45) is 5.92 Å². The number of hydrogen-bond acceptors (Lipinski definition) is 5. The van der Waals surface area contributed by atoms with E-state index in [0.717, 1.165) is 11.1 Å². The Balaban J connectivity index is 1.47. The Kier molecular flexibility index (Phi) is 4.48. The molecular formula is C21H21NO5. The lowest BCUT2D eigenvalue weighted by Gasteiger charge is -2.22. The number of hydrogen-bond donors (Lipinski definition) is 0. The molecule has 1 fully saturated rings. The minimum atomic E-state index is -0.493. The number of aryl methyl sites for hydroxylation is 2. The van der Waals surface area contributed by atoms with Gasteiger partial charge in [-0.05, 0) is 49.2 Å². The molecule has 6 nitrogen and oxygen atoms in total. The number of ether oxygens (including phenoxy) is 3. The monoisotopic (exact) mass is 367 g/mol. The second-order valence-corrected chi connectivity index (χ2v) is 6.90. The van der Waals surface area contributed by atoms with E-state index in [4.69, 9.17) is 14.2 Å². The van der Waals surface area contributed by atoms with Crippen LogP contribution in [0.3, 0.4) is 0 Å². The molecule has 0 spiro atoms. The smallest absolute Gasteiger partial charge is 0.316 e. The fourth-order valence-corrected chi connectivity index (χ4v) is 3.29. The van der Waals surface area contributed by atoms with Crippen LogP contribution in [0.15, 0.2) is 36.4 Å². The first kappa shape index (κ1) is 17.4. The molecule has 2 heterocycles. The first-order valence-corrected chi connectivity index (χ1v) is 9.00. The standard InChI is InChI=1S/C21H21NO5/c1-13-3-5-17(9-14(13)2)27-21(24)15-10-20(23)22(12-15)16-4-6-18-19(11-16)26-8-7-25-18/h3-6,9,11,15H,7-8,10,12H2,1-2H3/t15-/m1/s1. The highest BCUT2D eigenvalue weighted by atomic mass is 16.6. The van der Waals surface area contributed by atoms with Crippen molar-refractivity contribution in [1.29, 1.82) is 0 Å². The molecule has 0 unspecified atom stereocenters. The summed E-state index contributed by atoms with van der Waals surface area (Å²) in [4.78, 5) is 26.6. The lowest BCUT2D eigenvalue weighted by atomic mass is 10.1. The molecule has 27 heavy (non-hydrogen) atoms. The summed E-state index contributed by atoms with van der Waals surface area (Å²) in [5.41, 5.74) is 2.89. The van der Waals surface area contributed by atoms with Gasteiger partial charge in [-0.1, -0.05) is 6.07 Å². The van der Waals surface area contributed by atoms with Gasteiger partial charge in [-0.3, -0.25) is 9.59 Å². The number of benzene rings is 2. The Hall–Kier alpha value is -3.02. The van der Waals surface area contributed by atoms with E-state index >= 15 is 0 Å². The summed E-state index contributed by atoms with van der Waals surface area (Å²) in [6, 6.07) is 10.9. The van der Waals surface area contributed by atoms with E-state index < -0.39 is 5.92 Å². The summed E-state index contributed by atoms with van der Waals surface area (Å²) in [7, 11) is 0. The van der Waals surface area contributed by atoms with Crippen LogP contribution in [0.1, 0.15) is 17.5 Å². The average molecular weight is 367 g/mol. The fourth-order valence-electron chi connectivity index (χ4n) is 3.29. The van der Waals surface area contributed by atoms with Gasteiger partial charge in [0.2, 0.25) is 5.91 Å². The summed E-state index contributed by atoms with van der Waals surface area (Å²) in [6.45, 7) is 5.26. The maximum atomic E-state index is 12.5. The third-order valence-electron chi connectivity index (χ3n) is 4.99. The molecule has 2 aliphatic heterocycles. The molecule has 1 atom stereocenters. The van der Waals surface area contributed by atoms with Crippen molar-refractivity contribution in [1.82, 2.24) is 0 Å². The van der Waals surface area contributed by atoms with Crippen LogP contribution in [0.4, 0.5) is 5.69 Å². The van der Waals surface area contributed by atoms with E-state index in [0.29, 0.717) is 42.7 Å². The Morgan fingerprint density at radius 3 is 2.59 bits per heavy atom. The van der Waals surface area contributed by atoms with Crippen LogP contribution in [-0.4, -0.2) is 31.6 Å². The molecule has 2 aromatic carbocycles. The fraction of sp³-hybridized carbons (Fsp3) is 0.333. The predicted molar refractivity (Wildman–Crippen MR) is 99.4 cm³/mol. The van der Waals surface area contributed by atoms with E-state index in [2.05, 4.69) is 0 Å². The maximum absolute atomic E-state index is 12.5. The van der Waals surface area contributed by atoms with Crippen LogP contribution in [0.2, 0.25) is 0 Å². The molecule has 0 bridgehead atoms. The van der Waals surface area contributed by atoms with E-state index in [1.54, 1.807) is 23.1 Å². The second-order valence-electron chi connectivity index (χ2n) is 6.90. The van der Waals surface area contributed by atoms with Crippen molar-refractivity contribution in [3.8, 4) is 17.2 Å². The van der Waals surface area contributed by atoms with Crippen molar-refractivity contribution in [3.63, 3.8) is 0 Å². The molecule has 0 N–H and O–H groups in total. The Morgan fingerprint density at radius 1 is 1.04 bits per heavy atom. The Labute approximate surface area is 157 Å². The van der Waals surface area contributed by atoms with Crippen molar-refractivity contribution in [2.75, 3.05) is 24.7 Å². The molecular weight excluding hydrogens is 346 g/mol. The van der Waals surface area contributed by atoms with Gasteiger partial charge in [0.1, 0.15) is 19.0 Å². The van der Waals surface area contributed by atoms with Crippen molar-refractivity contribution >= 4 is 17.6 Å². The van der Waals surface area contributed by atoms with Crippen LogP contribution in [0.5, 0.6) is 17.2 Å². The van der Waals surface area contributed by atoms with Crippen molar-refractivity contribution in [3.05, 3.63) is 47.5 Å². The van der Waals surface area contributed by atoms with Gasteiger partial charge in [-0.2, -0.15) is 0 Å². The first-order chi connectivity index (χ1) is 13.0. The van der Waals surface area contributed by atoms with Gasteiger partial charge in [-0.25, -0.2) is 0 Å². The number of carbonyl (C=O) groups is 2. The number of amides is 1. The van der Waals surface area contributed by atoms with Crippen LogP contribution >= 0.6 is 0 Å². The maximum Gasteiger partial charge on any atom is 0.316 e. The molecule has 0 aliphatic carbocycles. The van der Waals surface area contributed by atoms with Gasteiger partial charge in [0, 0.05) is 24.7 Å². The highest BCUT2D eigenvalue weighted by molar-refractivity contribution is 6.00. The summed E-state index contributed by atoms with van der Waals surface area (Å²) >= 11 is 0. The van der Waals surface area contributed by atoms with Crippen LogP contribution in [0, 0.1) is 19.8 Å². The third-order valence-corrected chi connectivity index (χ3v) is 4.99. The minimum Gasteiger partial charge on any atom is -0.486 e. The van der Waals surface area contributed by atoms with Crippen molar-refractivity contribution < 1.29 is 23.8 Å². The number of fused-ring (bicyclic) bond motifs is 1. The zero-order chi connectivity index (χ0) is 19.0. The quantitative estimate of drug-likeness (QED) is 0.616. The van der Waals surface area contributed by atoms with Gasteiger partial charge in [0.25, 0.3) is 0 Å². The average Bonchev–Trinajstić information content (AvgIpc) is 3.06. The SMILES string of the molecule is Cc1ccc(OC(=O)[C@@H]2CC(=O)N(c3ccc4c(c3)OCCO4)C2)cc1C. The summed E-state index contributed by atoms with van der Waals surface area (Å²) in [5, 5.41) is 0. The molecule has 2 aromatic rings. The number of carbonyl (C=O) groups excluding carboxylic acids is 2. The highest BCUT2D eigenvalue weighted by Crippen LogP contribution is 2.36. The number of esters is 1. The zero-order valence-electron chi connectivity index (χ0n) is 15.4. The van der Waals surface area contributed by atoms with Crippen LogP contribution in [0.25, 0.3) is 0 Å². The number of anilines is 1. The summed E-state index contributed by atoms with van der Waals surface area (Å²) in [6.07, 6.45) is 0.137. The summed E-state index contributed by atoms with van der Waals surface area (Å²) in [5.74, 6) is 0.816. The van der Waals surface area contributed by atoms with Gasteiger partial charge >= 0.3 is 5.97 Å². The molecule has 0 aromatic heterocycles. The molecule has 6 heteroatoms. The van der Waals surface area contributed by atoms with Crippen LogP contribution in [-0.2, 0) is 9.59 Å². The Morgan fingerprint density at radius 2 is 1.81 bits per heavy atom. The third kappa shape index (κ3) is 3.47. The van der Waals surface area contributed by atoms with E-state index in [1.807, 2.05) is 32.0 Å². The van der Waals surface area contributed by atoms with E-state index in [-0.39, 0.29) is 18.3 Å². The van der Waals surface area contributed by atoms with Gasteiger partial charge in [0.15, 0.2) is 11.5 Å². The van der Waals surface area contributed by atoms with E-state index in [9.17, 15) is 9.59 Å². The lowest BCUT2D eigenvalue weighted by Crippen LogP contribution is -2.27. The van der Waals surface area contributed by atoms with Gasteiger partial charge < -0.3 is 19.1 Å². The molecule has 4 rings (SSSR count). The predicted octanol–water partition coefficient (Wildman–Crippen LogP) is 3.03. The number of nitrogens with zero attached hydrogens (tertiary/aromatic N) is 1. The zero-order valence-corrected chi connectivity index (χ0v) is 15.4. The van der Waals surface area contributed by atoms with E-state index in [1.165, 1.54) is 0 Å². The second kappa shape index (κ2) is 6.95. The van der Waals surface area contributed by atoms with Crippen LogP contribution < -0.4 is 19.1 Å². The molecule has 0 saturated carbocycles. The lowest BCUT2D eigenvalue weighted by molar-refractivity contribution is -0.139. The molecule has 1 amide bonds. The number of rotatable bonds is 3. The molecule has 0 radical (unpaired) electrons. The highest BCUT2D eigenvalue weighted by Gasteiger charge is 2.36. The first-order valence-electron chi connectivity index (χ1n) is 9.00. The van der Waals surface area contributed by atoms with Gasteiger partial charge in [-0.15, -0.1) is 0 Å². The summed E-state index contributed by atoms with van der Waals surface area (Å²) < 4.78 is 16.6. The topological polar surface area (TPSA) is 65.1 Å². The minimum absolute atomic E-state index is 0.103. The molecule has 2 aliphatic rings. The molecule has 1 saturated heterocycles.